The Morgan fingerprint density at radius 2 is 1.62 bits per heavy atom. The minimum atomic E-state index is -1.45. The summed E-state index contributed by atoms with van der Waals surface area (Å²) >= 11 is 0. The molecule has 10 nitrogen and oxygen atoms in total. The monoisotopic (exact) mass is 458 g/mol. The van der Waals surface area contributed by atoms with Crippen LogP contribution in [0.2, 0.25) is 0 Å². The number of nitrogens with two attached hydrogens (primary N) is 2. The minimum Gasteiger partial charge on any atom is -0.480 e. The lowest BCUT2D eigenvalue weighted by Gasteiger charge is -2.34. The van der Waals surface area contributed by atoms with Crippen LogP contribution < -0.4 is 16.8 Å². The van der Waals surface area contributed by atoms with E-state index in [2.05, 4.69) is 5.32 Å². The lowest BCUT2D eigenvalue weighted by Crippen LogP contribution is -2.60. The van der Waals surface area contributed by atoms with E-state index in [0.29, 0.717) is 30.7 Å². The highest BCUT2D eigenvalue weighted by Gasteiger charge is 2.42. The van der Waals surface area contributed by atoms with Crippen molar-refractivity contribution in [2.45, 2.75) is 97.9 Å². The second kappa shape index (κ2) is 13.4. The molecule has 0 heterocycles. The van der Waals surface area contributed by atoms with Gasteiger partial charge in [-0.2, -0.15) is 0 Å². The summed E-state index contributed by atoms with van der Waals surface area (Å²) in [4.78, 5) is 51.6. The van der Waals surface area contributed by atoms with Crippen LogP contribution >= 0.6 is 0 Å². The number of carboxylic acids is 1. The van der Waals surface area contributed by atoms with Crippen LogP contribution in [0.3, 0.4) is 0 Å². The van der Waals surface area contributed by atoms with Crippen molar-refractivity contribution in [3.05, 3.63) is 0 Å². The Morgan fingerprint density at radius 3 is 2.03 bits per heavy atom. The van der Waals surface area contributed by atoms with Gasteiger partial charge in [0, 0.05) is 0 Å². The number of carbonyl (C=O) groups is 4. The van der Waals surface area contributed by atoms with Gasteiger partial charge in [-0.3, -0.25) is 9.59 Å². The van der Waals surface area contributed by atoms with Crippen LogP contribution in [-0.4, -0.2) is 64.2 Å². The largest absolute Gasteiger partial charge is 0.480 e. The Labute approximate surface area is 191 Å². The summed E-state index contributed by atoms with van der Waals surface area (Å²) in [6, 6.07) is -3.44. The predicted molar refractivity (Wildman–Crippen MR) is 122 cm³/mol. The van der Waals surface area contributed by atoms with Gasteiger partial charge in [0.1, 0.15) is 17.7 Å². The van der Waals surface area contributed by atoms with Crippen LogP contribution in [0.1, 0.15) is 74.1 Å². The van der Waals surface area contributed by atoms with Crippen molar-refractivity contribution >= 4 is 23.9 Å². The lowest BCUT2D eigenvalue weighted by atomic mass is 9.99. The Kier molecular flexibility index (Phi) is 12.5. The van der Waals surface area contributed by atoms with Crippen molar-refractivity contribution in [1.82, 2.24) is 10.2 Å². The summed E-state index contributed by atoms with van der Waals surface area (Å²) in [6.07, 6.45) is 0.293. The molecule has 0 saturated heterocycles. The standard InChI is InChI=1S/C22H42N4O6/c1-13(2)12-15(24)18(27)25-17(14(3)4)19(28)26(21(31)32-22(5,6)7)16(20(29)30)10-8-9-11-23/h13-17H,8-12,23-24H2,1-7H3,(H,25,27)(H,29,30)/t15-,16-,17-/m0/s1. The number of hydrogen-bond acceptors (Lipinski definition) is 7. The first-order valence-corrected chi connectivity index (χ1v) is 11.2. The van der Waals surface area contributed by atoms with Crippen molar-refractivity contribution < 1.29 is 29.0 Å². The molecule has 0 fully saturated rings. The average molecular weight is 459 g/mol. The summed E-state index contributed by atoms with van der Waals surface area (Å²) in [6.45, 7) is 12.4. The first kappa shape index (κ1) is 29.8. The maximum Gasteiger partial charge on any atom is 0.417 e. The Hall–Kier alpha value is -2.20. The number of hydrogen-bond donors (Lipinski definition) is 4. The summed E-state index contributed by atoms with van der Waals surface area (Å²) in [5, 5.41) is 12.4. The molecule has 3 amide bonds. The zero-order chi connectivity index (χ0) is 25.2. The van der Waals surface area contributed by atoms with Crippen LogP contribution in [-0.2, 0) is 19.1 Å². The fraction of sp³-hybridized carbons (Fsp3) is 0.818. The van der Waals surface area contributed by atoms with Gasteiger partial charge in [0.05, 0.1) is 6.04 Å². The second-order valence-corrected chi connectivity index (χ2v) is 9.79. The van der Waals surface area contributed by atoms with E-state index in [1.807, 2.05) is 13.8 Å². The highest BCUT2D eigenvalue weighted by atomic mass is 16.6. The Morgan fingerprint density at radius 1 is 1.06 bits per heavy atom. The molecule has 0 spiro atoms. The van der Waals surface area contributed by atoms with E-state index >= 15 is 0 Å². The van der Waals surface area contributed by atoms with Gasteiger partial charge < -0.3 is 26.6 Å². The molecule has 3 atom stereocenters. The van der Waals surface area contributed by atoms with E-state index in [1.54, 1.807) is 34.6 Å². The third kappa shape index (κ3) is 10.4. The third-order valence-corrected chi connectivity index (χ3v) is 4.65. The Balaban J connectivity index is 6.01. The highest BCUT2D eigenvalue weighted by Crippen LogP contribution is 2.19. The van der Waals surface area contributed by atoms with Crippen LogP contribution in [0, 0.1) is 11.8 Å². The van der Waals surface area contributed by atoms with Gasteiger partial charge in [0.25, 0.3) is 5.91 Å². The van der Waals surface area contributed by atoms with E-state index in [4.69, 9.17) is 16.2 Å². The van der Waals surface area contributed by atoms with E-state index in [0.717, 1.165) is 0 Å². The summed E-state index contributed by atoms with van der Waals surface area (Å²) in [5.74, 6) is -2.99. The topological polar surface area (TPSA) is 165 Å². The molecule has 0 unspecified atom stereocenters. The smallest absolute Gasteiger partial charge is 0.417 e. The number of nitrogens with one attached hydrogen (secondary N) is 1. The minimum absolute atomic E-state index is 0.0170. The van der Waals surface area contributed by atoms with Crippen molar-refractivity contribution in [3.8, 4) is 0 Å². The number of imide groups is 1. The molecule has 10 heteroatoms. The fourth-order valence-corrected chi connectivity index (χ4v) is 3.07. The van der Waals surface area contributed by atoms with Gasteiger partial charge >= 0.3 is 12.1 Å². The molecule has 6 N–H and O–H groups in total. The number of carboxylic acid groups (broad SMARTS) is 1. The van der Waals surface area contributed by atoms with Crippen molar-refractivity contribution in [1.29, 1.82) is 0 Å². The normalized spacial score (nSPS) is 14.6. The quantitative estimate of drug-likeness (QED) is 0.322. The Bertz CT molecular complexity index is 645. The number of carbonyl (C=O) groups excluding carboxylic acids is 3. The molecule has 0 aliphatic carbocycles. The average Bonchev–Trinajstić information content (AvgIpc) is 2.62. The summed E-state index contributed by atoms with van der Waals surface area (Å²) in [7, 11) is 0. The van der Waals surface area contributed by atoms with Crippen LogP contribution in [0.4, 0.5) is 4.79 Å². The number of rotatable bonds is 12. The predicted octanol–water partition coefficient (Wildman–Crippen LogP) is 1.85. The molecule has 0 radical (unpaired) electrons. The molecule has 0 bridgehead atoms. The number of unbranched alkanes of at least 4 members (excludes halogenated alkanes) is 1. The van der Waals surface area contributed by atoms with Crippen molar-refractivity contribution in [3.63, 3.8) is 0 Å². The number of aliphatic carboxylic acids is 1. The van der Waals surface area contributed by atoms with Gasteiger partial charge in [-0.15, -0.1) is 0 Å². The van der Waals surface area contributed by atoms with Crippen molar-refractivity contribution in [2.24, 2.45) is 23.3 Å². The third-order valence-electron chi connectivity index (χ3n) is 4.65. The summed E-state index contributed by atoms with van der Waals surface area (Å²) < 4.78 is 5.33. The molecule has 0 rings (SSSR count). The molecule has 0 saturated carbocycles. The molecule has 0 aromatic rings. The lowest BCUT2D eigenvalue weighted by molar-refractivity contribution is -0.151. The molecule has 0 aromatic carbocycles. The van der Waals surface area contributed by atoms with E-state index in [-0.39, 0.29) is 12.3 Å². The zero-order valence-electron chi connectivity index (χ0n) is 20.5. The molecule has 0 aliphatic rings. The van der Waals surface area contributed by atoms with Gasteiger partial charge in [-0.05, 0) is 64.8 Å². The zero-order valence-corrected chi connectivity index (χ0v) is 20.5. The van der Waals surface area contributed by atoms with Crippen LogP contribution in [0.5, 0.6) is 0 Å². The number of amides is 3. The highest BCUT2D eigenvalue weighted by molar-refractivity contribution is 6.00. The molecule has 0 aliphatic heterocycles. The van der Waals surface area contributed by atoms with E-state index in [9.17, 15) is 24.3 Å². The molecule has 32 heavy (non-hydrogen) atoms. The SMILES string of the molecule is CC(C)C[C@H](N)C(=O)N[C@H](C(=O)N(C(=O)OC(C)(C)C)[C@@H](CCCCN)C(=O)O)C(C)C. The van der Waals surface area contributed by atoms with Crippen molar-refractivity contribution in [2.75, 3.05) is 6.54 Å². The number of nitrogens with zero attached hydrogens (tertiary/aromatic N) is 1. The molecular weight excluding hydrogens is 416 g/mol. The van der Waals surface area contributed by atoms with Crippen LogP contribution in [0.25, 0.3) is 0 Å². The van der Waals surface area contributed by atoms with Gasteiger partial charge in [-0.1, -0.05) is 27.7 Å². The van der Waals surface area contributed by atoms with Crippen LogP contribution in [0.15, 0.2) is 0 Å². The van der Waals surface area contributed by atoms with Gasteiger partial charge in [0.2, 0.25) is 5.91 Å². The number of ether oxygens (including phenoxy) is 1. The second-order valence-electron chi connectivity index (χ2n) is 9.79. The molecular formula is C22H42N4O6. The molecule has 0 aromatic heterocycles. The van der Waals surface area contributed by atoms with Gasteiger partial charge in [0.15, 0.2) is 0 Å². The van der Waals surface area contributed by atoms with E-state index < -0.39 is 53.5 Å². The fourth-order valence-electron chi connectivity index (χ4n) is 3.07. The first-order chi connectivity index (χ1) is 14.6. The van der Waals surface area contributed by atoms with Gasteiger partial charge in [-0.25, -0.2) is 14.5 Å². The maximum absolute atomic E-state index is 13.5. The molecule has 186 valence electrons. The first-order valence-electron chi connectivity index (χ1n) is 11.2. The van der Waals surface area contributed by atoms with E-state index in [1.165, 1.54) is 0 Å². The maximum atomic E-state index is 13.5. The summed E-state index contributed by atoms with van der Waals surface area (Å²) in [5.41, 5.74) is 10.5.